The number of nitrogens with two attached hydrogens (primary N) is 1. The Bertz CT molecular complexity index is 1120. The Morgan fingerprint density at radius 3 is 2.42 bits per heavy atom. The van der Waals surface area contributed by atoms with E-state index in [1.807, 2.05) is 54.6 Å². The SMILES string of the molecule is Nc1ncnc2c1N=C(c1ccc(Oc3ccccc3)cc1)NC(=O)N2C1CCCC1. The zero-order valence-electron chi connectivity index (χ0n) is 16.9. The van der Waals surface area contributed by atoms with Gasteiger partial charge in [-0.3, -0.25) is 10.2 Å². The summed E-state index contributed by atoms with van der Waals surface area (Å²) in [6, 6.07) is 16.7. The van der Waals surface area contributed by atoms with Crippen molar-refractivity contribution in [3.63, 3.8) is 0 Å². The lowest BCUT2D eigenvalue weighted by atomic mass is 10.2. The second-order valence-electron chi connectivity index (χ2n) is 7.57. The van der Waals surface area contributed by atoms with E-state index in [2.05, 4.69) is 20.3 Å². The number of carbonyl (C=O) groups is 1. The third kappa shape index (κ3) is 3.79. The molecule has 0 atom stereocenters. The molecule has 0 unspecified atom stereocenters. The summed E-state index contributed by atoms with van der Waals surface area (Å²) < 4.78 is 5.85. The van der Waals surface area contributed by atoms with Gasteiger partial charge in [-0.05, 0) is 49.2 Å². The lowest BCUT2D eigenvalue weighted by Crippen LogP contribution is -2.47. The van der Waals surface area contributed by atoms with Crippen molar-refractivity contribution >= 4 is 29.2 Å². The molecule has 3 N–H and O–H groups in total. The second-order valence-corrected chi connectivity index (χ2v) is 7.57. The minimum absolute atomic E-state index is 0.0734. The molecule has 0 bridgehead atoms. The number of amides is 2. The van der Waals surface area contributed by atoms with Crippen molar-refractivity contribution in [1.29, 1.82) is 0 Å². The van der Waals surface area contributed by atoms with Crippen molar-refractivity contribution in [2.45, 2.75) is 31.7 Å². The molecule has 1 aromatic heterocycles. The number of benzene rings is 2. The van der Waals surface area contributed by atoms with Crippen LogP contribution in [0.2, 0.25) is 0 Å². The van der Waals surface area contributed by atoms with Crippen molar-refractivity contribution in [2.75, 3.05) is 10.6 Å². The summed E-state index contributed by atoms with van der Waals surface area (Å²) in [4.78, 5) is 27.9. The highest BCUT2D eigenvalue weighted by molar-refractivity contribution is 6.15. The normalized spacial score (nSPS) is 16.3. The number of aromatic nitrogens is 2. The zero-order valence-corrected chi connectivity index (χ0v) is 16.9. The number of hydrogen-bond acceptors (Lipinski definition) is 6. The molecule has 0 spiro atoms. The minimum Gasteiger partial charge on any atom is -0.457 e. The first-order valence-corrected chi connectivity index (χ1v) is 10.3. The molecule has 31 heavy (non-hydrogen) atoms. The fourth-order valence-corrected chi connectivity index (χ4v) is 4.01. The minimum atomic E-state index is -0.257. The van der Waals surface area contributed by atoms with Crippen LogP contribution in [0.1, 0.15) is 31.2 Å². The standard InChI is InChI=1S/C23H22N6O2/c24-20-19-22(26-14-25-20)29(16-6-4-5-7-16)23(30)28-21(27-19)15-10-12-18(13-11-15)31-17-8-2-1-3-9-17/h1-3,8-14,16H,4-7H2,(H2,24,25,26)(H,27,28,30). The van der Waals surface area contributed by atoms with Gasteiger partial charge in [0, 0.05) is 11.6 Å². The Labute approximate surface area is 179 Å². The Morgan fingerprint density at radius 2 is 1.68 bits per heavy atom. The van der Waals surface area contributed by atoms with E-state index < -0.39 is 0 Å². The smallest absolute Gasteiger partial charge is 0.329 e. The number of aliphatic imine (C=N–C) groups is 1. The first-order chi connectivity index (χ1) is 15.2. The topological polar surface area (TPSA) is 106 Å². The highest BCUT2D eigenvalue weighted by Gasteiger charge is 2.34. The molecule has 2 heterocycles. The van der Waals surface area contributed by atoms with E-state index in [0.29, 0.717) is 23.1 Å². The van der Waals surface area contributed by atoms with E-state index >= 15 is 0 Å². The number of nitrogens with zero attached hydrogens (tertiary/aromatic N) is 4. The van der Waals surface area contributed by atoms with Gasteiger partial charge in [-0.15, -0.1) is 0 Å². The third-order valence-electron chi connectivity index (χ3n) is 5.52. The van der Waals surface area contributed by atoms with Gasteiger partial charge in [0.15, 0.2) is 17.3 Å². The Hall–Kier alpha value is -3.94. The van der Waals surface area contributed by atoms with E-state index in [0.717, 1.165) is 37.0 Å². The largest absolute Gasteiger partial charge is 0.457 e. The van der Waals surface area contributed by atoms with Crippen LogP contribution in [0.15, 0.2) is 65.9 Å². The number of carbonyl (C=O) groups excluding carboxylic acids is 1. The van der Waals surface area contributed by atoms with Gasteiger partial charge in [0.05, 0.1) is 0 Å². The Balaban J connectivity index is 1.47. The molecule has 2 amide bonds. The molecule has 5 rings (SSSR count). The quantitative estimate of drug-likeness (QED) is 0.658. The average Bonchev–Trinajstić information content (AvgIpc) is 3.26. The number of ether oxygens (including phenoxy) is 1. The van der Waals surface area contributed by atoms with Gasteiger partial charge in [0.1, 0.15) is 23.7 Å². The molecule has 156 valence electrons. The number of anilines is 2. The van der Waals surface area contributed by atoms with Crippen molar-refractivity contribution in [2.24, 2.45) is 4.99 Å². The number of fused-ring (bicyclic) bond motifs is 1. The number of urea groups is 1. The molecule has 8 heteroatoms. The van der Waals surface area contributed by atoms with Crippen molar-refractivity contribution in [3.05, 3.63) is 66.5 Å². The van der Waals surface area contributed by atoms with Crippen LogP contribution in [-0.4, -0.2) is 27.9 Å². The molecule has 1 aliphatic carbocycles. The fraction of sp³-hybridized carbons (Fsp3) is 0.217. The monoisotopic (exact) mass is 414 g/mol. The highest BCUT2D eigenvalue weighted by Crippen LogP contribution is 2.37. The lowest BCUT2D eigenvalue weighted by Gasteiger charge is -2.27. The van der Waals surface area contributed by atoms with Crippen LogP contribution >= 0.6 is 0 Å². The molecular formula is C23H22N6O2. The molecule has 3 aromatic rings. The van der Waals surface area contributed by atoms with E-state index in [4.69, 9.17) is 10.5 Å². The number of amidine groups is 1. The van der Waals surface area contributed by atoms with Gasteiger partial charge >= 0.3 is 6.03 Å². The highest BCUT2D eigenvalue weighted by atomic mass is 16.5. The summed E-state index contributed by atoms with van der Waals surface area (Å²) in [5.74, 6) is 2.54. The van der Waals surface area contributed by atoms with Crippen LogP contribution in [-0.2, 0) is 0 Å². The maximum absolute atomic E-state index is 13.2. The number of para-hydroxylation sites is 1. The van der Waals surface area contributed by atoms with E-state index in [1.54, 1.807) is 4.90 Å². The van der Waals surface area contributed by atoms with Crippen molar-refractivity contribution < 1.29 is 9.53 Å². The number of nitrogens with one attached hydrogen (secondary N) is 1. The van der Waals surface area contributed by atoms with Crippen molar-refractivity contribution in [1.82, 2.24) is 15.3 Å². The molecule has 8 nitrogen and oxygen atoms in total. The van der Waals surface area contributed by atoms with Gasteiger partial charge < -0.3 is 10.5 Å². The number of rotatable bonds is 4. The summed E-state index contributed by atoms with van der Waals surface area (Å²) in [7, 11) is 0. The molecule has 1 fully saturated rings. The summed E-state index contributed by atoms with van der Waals surface area (Å²) in [5.41, 5.74) is 7.27. The maximum atomic E-state index is 13.2. The van der Waals surface area contributed by atoms with Crippen LogP contribution in [0.5, 0.6) is 11.5 Å². The number of hydrogen-bond donors (Lipinski definition) is 2. The summed E-state index contributed by atoms with van der Waals surface area (Å²) in [5, 5.41) is 2.94. The molecule has 1 saturated carbocycles. The van der Waals surface area contributed by atoms with Crippen LogP contribution in [0.25, 0.3) is 0 Å². The van der Waals surface area contributed by atoms with Gasteiger partial charge in [-0.1, -0.05) is 31.0 Å². The number of nitrogen functional groups attached to an aromatic ring is 1. The molecule has 2 aliphatic rings. The van der Waals surface area contributed by atoms with E-state index in [9.17, 15) is 4.79 Å². The van der Waals surface area contributed by atoms with Crippen LogP contribution in [0.3, 0.4) is 0 Å². The van der Waals surface area contributed by atoms with E-state index in [-0.39, 0.29) is 17.9 Å². The van der Waals surface area contributed by atoms with Gasteiger partial charge in [0.2, 0.25) is 0 Å². The molecule has 1 aliphatic heterocycles. The van der Waals surface area contributed by atoms with Gasteiger partial charge in [-0.25, -0.2) is 19.8 Å². The molecule has 0 radical (unpaired) electrons. The predicted octanol–water partition coefficient (Wildman–Crippen LogP) is 4.40. The maximum Gasteiger partial charge on any atom is 0.329 e. The Kier molecular flexibility index (Phi) is 4.95. The first-order valence-electron chi connectivity index (χ1n) is 10.3. The molecule has 0 saturated heterocycles. The van der Waals surface area contributed by atoms with Crippen LogP contribution in [0.4, 0.5) is 22.1 Å². The fourth-order valence-electron chi connectivity index (χ4n) is 4.01. The summed E-state index contributed by atoms with van der Waals surface area (Å²) in [6.07, 6.45) is 5.40. The average molecular weight is 414 g/mol. The molecule has 2 aromatic carbocycles. The Morgan fingerprint density at radius 1 is 0.968 bits per heavy atom. The summed E-state index contributed by atoms with van der Waals surface area (Å²) >= 11 is 0. The van der Waals surface area contributed by atoms with Gasteiger partial charge in [-0.2, -0.15) is 0 Å². The molecular weight excluding hydrogens is 392 g/mol. The summed E-state index contributed by atoms with van der Waals surface area (Å²) in [6.45, 7) is 0. The third-order valence-corrected chi connectivity index (χ3v) is 5.52. The first kappa shape index (κ1) is 19.0. The van der Waals surface area contributed by atoms with Crippen LogP contribution in [0, 0.1) is 0 Å². The van der Waals surface area contributed by atoms with E-state index in [1.165, 1.54) is 6.33 Å². The lowest BCUT2D eigenvalue weighted by molar-refractivity contribution is 0.248. The second kappa shape index (κ2) is 8.06. The van der Waals surface area contributed by atoms with Crippen molar-refractivity contribution in [3.8, 4) is 11.5 Å². The van der Waals surface area contributed by atoms with Gasteiger partial charge in [0.25, 0.3) is 0 Å². The van der Waals surface area contributed by atoms with Crippen LogP contribution < -0.4 is 20.7 Å². The predicted molar refractivity (Wildman–Crippen MR) is 119 cm³/mol. The zero-order chi connectivity index (χ0) is 21.2.